The summed E-state index contributed by atoms with van der Waals surface area (Å²) in [5.41, 5.74) is 1.15. The first-order valence-corrected chi connectivity index (χ1v) is 9.67. The molecule has 9 heteroatoms. The van der Waals surface area contributed by atoms with E-state index >= 15 is 0 Å². The molecule has 0 saturated carbocycles. The molecule has 136 valence electrons. The second kappa shape index (κ2) is 7.86. The summed E-state index contributed by atoms with van der Waals surface area (Å²) < 4.78 is 31.8. The molecule has 1 amide bonds. The smallest absolute Gasteiger partial charge is 0.240 e. The third kappa shape index (κ3) is 4.40. The number of aromatic nitrogens is 1. The second-order valence-electron chi connectivity index (χ2n) is 5.51. The van der Waals surface area contributed by atoms with E-state index in [9.17, 15) is 13.2 Å². The van der Waals surface area contributed by atoms with E-state index in [4.69, 9.17) is 16.1 Å². The van der Waals surface area contributed by atoms with Crippen LogP contribution < -0.4 is 10.0 Å². The zero-order valence-electron chi connectivity index (χ0n) is 13.6. The first-order chi connectivity index (χ1) is 12.5. The molecule has 7 nitrogen and oxygen atoms in total. The predicted octanol–water partition coefficient (Wildman–Crippen LogP) is 2.12. The van der Waals surface area contributed by atoms with Gasteiger partial charge in [0.1, 0.15) is 5.69 Å². The Morgan fingerprint density at radius 3 is 2.73 bits per heavy atom. The van der Waals surface area contributed by atoms with Gasteiger partial charge < -0.3 is 9.84 Å². The zero-order chi connectivity index (χ0) is 18.6. The Hall–Kier alpha value is -2.42. The lowest BCUT2D eigenvalue weighted by molar-refractivity contribution is -0.120. The number of benzene rings is 2. The molecule has 0 aliphatic rings. The maximum absolute atomic E-state index is 12.1. The van der Waals surface area contributed by atoms with Crippen molar-refractivity contribution in [3.8, 4) is 0 Å². The molecule has 2 N–H and O–H groups in total. The van der Waals surface area contributed by atoms with E-state index in [1.807, 2.05) is 18.2 Å². The molecule has 0 saturated heterocycles. The van der Waals surface area contributed by atoms with E-state index < -0.39 is 10.0 Å². The van der Waals surface area contributed by atoms with Gasteiger partial charge in [-0.05, 0) is 30.3 Å². The Labute approximate surface area is 155 Å². The van der Waals surface area contributed by atoms with Crippen molar-refractivity contribution < 1.29 is 17.7 Å². The molecule has 0 aliphatic carbocycles. The van der Waals surface area contributed by atoms with Crippen LogP contribution in [0, 0.1) is 0 Å². The Kier molecular flexibility index (Phi) is 5.55. The predicted molar refractivity (Wildman–Crippen MR) is 97.4 cm³/mol. The van der Waals surface area contributed by atoms with Gasteiger partial charge in [0.15, 0.2) is 5.58 Å². The van der Waals surface area contributed by atoms with Crippen molar-refractivity contribution in [1.82, 2.24) is 15.2 Å². The Balaban J connectivity index is 1.49. The van der Waals surface area contributed by atoms with Crippen LogP contribution in [-0.2, 0) is 21.2 Å². The number of carbonyl (C=O) groups is 1. The maximum atomic E-state index is 12.1. The van der Waals surface area contributed by atoms with E-state index in [2.05, 4.69) is 15.2 Å². The summed E-state index contributed by atoms with van der Waals surface area (Å²) in [5, 5.41) is 7.65. The molecule has 1 aromatic heterocycles. The van der Waals surface area contributed by atoms with Gasteiger partial charge in [-0.25, -0.2) is 13.1 Å². The summed E-state index contributed by atoms with van der Waals surface area (Å²) in [6.07, 6.45) is 0.0536. The number of carbonyl (C=O) groups excluding carboxylic acids is 1. The van der Waals surface area contributed by atoms with E-state index in [0.717, 1.165) is 5.39 Å². The van der Waals surface area contributed by atoms with Crippen molar-refractivity contribution in [3.05, 3.63) is 59.2 Å². The largest absolute Gasteiger partial charge is 0.356 e. The van der Waals surface area contributed by atoms with Gasteiger partial charge in [0.25, 0.3) is 0 Å². The Morgan fingerprint density at radius 1 is 1.12 bits per heavy atom. The highest BCUT2D eigenvalue weighted by atomic mass is 35.5. The van der Waals surface area contributed by atoms with Crippen LogP contribution in [0.4, 0.5) is 0 Å². The van der Waals surface area contributed by atoms with Crippen LogP contribution in [0.3, 0.4) is 0 Å². The van der Waals surface area contributed by atoms with Gasteiger partial charge in [-0.15, -0.1) is 0 Å². The molecule has 3 rings (SSSR count). The average Bonchev–Trinajstić information content (AvgIpc) is 3.02. The Bertz CT molecular complexity index is 1030. The fraction of sp³-hybridized carbons (Fsp3) is 0.176. The fourth-order valence-electron chi connectivity index (χ4n) is 2.38. The van der Waals surface area contributed by atoms with Crippen molar-refractivity contribution in [2.75, 3.05) is 13.1 Å². The normalized spacial score (nSPS) is 11.6. The van der Waals surface area contributed by atoms with E-state index in [0.29, 0.717) is 16.3 Å². The number of amides is 1. The van der Waals surface area contributed by atoms with Gasteiger partial charge in [0.05, 0.1) is 11.3 Å². The van der Waals surface area contributed by atoms with Gasteiger partial charge >= 0.3 is 0 Å². The number of hydrogen-bond acceptors (Lipinski definition) is 5. The van der Waals surface area contributed by atoms with Gasteiger partial charge in [0.2, 0.25) is 15.9 Å². The first-order valence-electron chi connectivity index (χ1n) is 7.81. The van der Waals surface area contributed by atoms with Gasteiger partial charge in [0, 0.05) is 23.5 Å². The minimum atomic E-state index is -3.67. The third-order valence-electron chi connectivity index (χ3n) is 3.63. The quantitative estimate of drug-likeness (QED) is 0.599. The van der Waals surface area contributed by atoms with Crippen molar-refractivity contribution in [1.29, 1.82) is 0 Å². The minimum absolute atomic E-state index is 0.0536. The summed E-state index contributed by atoms with van der Waals surface area (Å²) in [4.78, 5) is 12.1. The molecule has 26 heavy (non-hydrogen) atoms. The van der Waals surface area contributed by atoms with Gasteiger partial charge in [-0.1, -0.05) is 35.0 Å². The highest BCUT2D eigenvalue weighted by Gasteiger charge is 2.14. The van der Waals surface area contributed by atoms with Crippen LogP contribution in [0.15, 0.2) is 57.9 Å². The van der Waals surface area contributed by atoms with Crippen molar-refractivity contribution in [2.45, 2.75) is 11.3 Å². The number of para-hydroxylation sites is 1. The Morgan fingerprint density at radius 2 is 1.92 bits per heavy atom. The minimum Gasteiger partial charge on any atom is -0.356 e. The zero-order valence-corrected chi connectivity index (χ0v) is 15.2. The van der Waals surface area contributed by atoms with Gasteiger partial charge in [-0.2, -0.15) is 0 Å². The fourth-order valence-corrected chi connectivity index (χ4v) is 3.72. The average molecular weight is 394 g/mol. The molecular weight excluding hydrogens is 378 g/mol. The number of nitrogens with one attached hydrogen (secondary N) is 2. The lowest BCUT2D eigenvalue weighted by Crippen LogP contribution is -2.35. The van der Waals surface area contributed by atoms with Crippen LogP contribution in [0.5, 0.6) is 0 Å². The number of fused-ring (bicyclic) bond motifs is 1. The molecule has 0 fully saturated rings. The lowest BCUT2D eigenvalue weighted by Gasteiger charge is -2.08. The van der Waals surface area contributed by atoms with Crippen LogP contribution in [0.1, 0.15) is 5.69 Å². The molecule has 2 aromatic carbocycles. The molecule has 1 heterocycles. The molecule has 0 spiro atoms. The standard InChI is InChI=1S/C17H16ClN3O4S/c18-12-4-3-5-13(10-12)26(23,24)20-9-8-19-17(22)11-15-14-6-1-2-7-16(14)25-21-15/h1-7,10,20H,8-9,11H2,(H,19,22). The van der Waals surface area contributed by atoms with Crippen LogP contribution in [0.25, 0.3) is 11.0 Å². The number of rotatable bonds is 7. The molecule has 0 unspecified atom stereocenters. The van der Waals surface area contributed by atoms with E-state index in [1.165, 1.54) is 12.1 Å². The molecule has 0 atom stereocenters. The van der Waals surface area contributed by atoms with E-state index in [-0.39, 0.29) is 30.3 Å². The van der Waals surface area contributed by atoms with Crippen molar-refractivity contribution >= 4 is 38.5 Å². The van der Waals surface area contributed by atoms with Crippen LogP contribution >= 0.6 is 11.6 Å². The summed E-state index contributed by atoms with van der Waals surface area (Å²) in [6.45, 7) is 0.203. The molecule has 0 aliphatic heterocycles. The highest BCUT2D eigenvalue weighted by molar-refractivity contribution is 7.89. The van der Waals surface area contributed by atoms with E-state index in [1.54, 1.807) is 18.2 Å². The SMILES string of the molecule is O=C(Cc1noc2ccccc12)NCCNS(=O)(=O)c1cccc(Cl)c1. The molecule has 0 radical (unpaired) electrons. The van der Waals surface area contributed by atoms with Crippen molar-refractivity contribution in [2.24, 2.45) is 0 Å². The molecule has 3 aromatic rings. The lowest BCUT2D eigenvalue weighted by atomic mass is 10.1. The summed E-state index contributed by atoms with van der Waals surface area (Å²) >= 11 is 5.80. The summed E-state index contributed by atoms with van der Waals surface area (Å²) in [5.74, 6) is -0.272. The number of nitrogens with zero attached hydrogens (tertiary/aromatic N) is 1. The summed E-state index contributed by atoms with van der Waals surface area (Å²) in [6, 6.07) is 13.2. The van der Waals surface area contributed by atoms with Gasteiger partial charge in [-0.3, -0.25) is 4.79 Å². The number of hydrogen-bond donors (Lipinski definition) is 2. The number of sulfonamides is 1. The first kappa shape index (κ1) is 18.4. The maximum Gasteiger partial charge on any atom is 0.240 e. The topological polar surface area (TPSA) is 101 Å². The molecular formula is C17H16ClN3O4S. The highest BCUT2D eigenvalue weighted by Crippen LogP contribution is 2.18. The molecule has 0 bridgehead atoms. The third-order valence-corrected chi connectivity index (χ3v) is 5.32. The van der Waals surface area contributed by atoms with Crippen LogP contribution in [0.2, 0.25) is 5.02 Å². The van der Waals surface area contributed by atoms with Crippen LogP contribution in [-0.4, -0.2) is 32.6 Å². The number of halogens is 1. The van der Waals surface area contributed by atoms with Crippen molar-refractivity contribution in [3.63, 3.8) is 0 Å². The summed E-state index contributed by atoms with van der Waals surface area (Å²) in [7, 11) is -3.67. The second-order valence-corrected chi connectivity index (χ2v) is 7.71. The monoisotopic (exact) mass is 393 g/mol.